The molecule has 1 aliphatic carbocycles. The third-order valence-electron chi connectivity index (χ3n) is 4.12. The number of hydrogen-bond donors (Lipinski definition) is 1. The summed E-state index contributed by atoms with van der Waals surface area (Å²) in [7, 11) is 0. The van der Waals surface area contributed by atoms with Gasteiger partial charge in [-0.05, 0) is 31.6 Å². The Morgan fingerprint density at radius 1 is 1.33 bits per heavy atom. The van der Waals surface area contributed by atoms with Crippen molar-refractivity contribution < 1.29 is 4.79 Å². The van der Waals surface area contributed by atoms with Gasteiger partial charge >= 0.3 is 0 Å². The van der Waals surface area contributed by atoms with E-state index in [0.717, 1.165) is 38.6 Å². The van der Waals surface area contributed by atoms with E-state index < -0.39 is 0 Å². The molecule has 0 heterocycles. The Labute approximate surface area is 117 Å². The first-order valence-electron chi connectivity index (χ1n) is 7.60. The van der Waals surface area contributed by atoms with Crippen LogP contribution < -0.4 is 5.32 Å². The summed E-state index contributed by atoms with van der Waals surface area (Å²) in [6.45, 7) is 5.05. The number of halogens is 1. The van der Waals surface area contributed by atoms with Gasteiger partial charge in [0.25, 0.3) is 0 Å². The van der Waals surface area contributed by atoms with E-state index in [9.17, 15) is 4.79 Å². The lowest BCUT2D eigenvalue weighted by molar-refractivity contribution is -0.125. The van der Waals surface area contributed by atoms with E-state index in [1.54, 1.807) is 0 Å². The van der Waals surface area contributed by atoms with Gasteiger partial charge in [0.2, 0.25) is 5.91 Å². The number of amides is 1. The lowest BCUT2D eigenvalue weighted by atomic mass is 9.88. The largest absolute Gasteiger partial charge is 0.356 e. The summed E-state index contributed by atoms with van der Waals surface area (Å²) >= 11 is 6.31. The SMILES string of the molecule is CCCCC(CC)C(=O)NCC1CCCCC1Cl. The molecule has 1 amide bonds. The van der Waals surface area contributed by atoms with Crippen LogP contribution in [0.4, 0.5) is 0 Å². The Hall–Kier alpha value is -0.240. The number of carbonyl (C=O) groups is 1. The van der Waals surface area contributed by atoms with Gasteiger partial charge in [-0.25, -0.2) is 0 Å². The molecule has 0 aromatic carbocycles. The van der Waals surface area contributed by atoms with Crippen molar-refractivity contribution in [2.24, 2.45) is 11.8 Å². The molecule has 1 fully saturated rings. The molecule has 0 bridgehead atoms. The van der Waals surface area contributed by atoms with Crippen molar-refractivity contribution in [2.75, 3.05) is 6.54 Å². The van der Waals surface area contributed by atoms with Crippen molar-refractivity contribution >= 4 is 17.5 Å². The fourth-order valence-corrected chi connectivity index (χ4v) is 3.11. The number of rotatable bonds is 7. The van der Waals surface area contributed by atoms with Crippen molar-refractivity contribution in [3.05, 3.63) is 0 Å². The molecule has 0 aliphatic heterocycles. The van der Waals surface area contributed by atoms with Gasteiger partial charge in [0.1, 0.15) is 0 Å². The van der Waals surface area contributed by atoms with Crippen molar-refractivity contribution in [1.29, 1.82) is 0 Å². The fourth-order valence-electron chi connectivity index (χ4n) is 2.74. The Balaban J connectivity index is 2.29. The van der Waals surface area contributed by atoms with Crippen LogP contribution in [0, 0.1) is 11.8 Å². The molecule has 2 nitrogen and oxygen atoms in total. The second-order valence-electron chi connectivity index (χ2n) is 5.55. The van der Waals surface area contributed by atoms with E-state index in [-0.39, 0.29) is 17.2 Å². The second kappa shape index (κ2) is 8.79. The van der Waals surface area contributed by atoms with Crippen LogP contribution in [0.15, 0.2) is 0 Å². The molecule has 0 aromatic rings. The highest BCUT2D eigenvalue weighted by Crippen LogP contribution is 2.28. The average Bonchev–Trinajstić information content (AvgIpc) is 2.38. The first-order valence-corrected chi connectivity index (χ1v) is 8.04. The van der Waals surface area contributed by atoms with E-state index in [1.807, 2.05) is 0 Å². The Morgan fingerprint density at radius 2 is 2.06 bits per heavy atom. The minimum absolute atomic E-state index is 0.197. The zero-order valence-electron chi connectivity index (χ0n) is 11.9. The average molecular weight is 274 g/mol. The summed E-state index contributed by atoms with van der Waals surface area (Å²) < 4.78 is 0. The smallest absolute Gasteiger partial charge is 0.223 e. The molecule has 18 heavy (non-hydrogen) atoms. The van der Waals surface area contributed by atoms with Crippen molar-refractivity contribution in [2.45, 2.75) is 70.6 Å². The third-order valence-corrected chi connectivity index (χ3v) is 4.70. The fraction of sp³-hybridized carbons (Fsp3) is 0.933. The van der Waals surface area contributed by atoms with E-state index in [0.29, 0.717) is 5.92 Å². The summed E-state index contributed by atoms with van der Waals surface area (Å²) in [6.07, 6.45) is 9.05. The summed E-state index contributed by atoms with van der Waals surface area (Å²) in [5.74, 6) is 0.913. The van der Waals surface area contributed by atoms with Gasteiger partial charge in [-0.2, -0.15) is 0 Å². The Kier molecular flexibility index (Phi) is 7.73. The van der Waals surface area contributed by atoms with E-state index in [2.05, 4.69) is 19.2 Å². The van der Waals surface area contributed by atoms with Gasteiger partial charge in [0.05, 0.1) is 0 Å². The number of hydrogen-bond acceptors (Lipinski definition) is 1. The molecule has 106 valence electrons. The first-order chi connectivity index (χ1) is 8.69. The van der Waals surface area contributed by atoms with Crippen LogP contribution in [-0.4, -0.2) is 17.8 Å². The quantitative estimate of drug-likeness (QED) is 0.695. The van der Waals surface area contributed by atoms with Crippen LogP contribution in [0.5, 0.6) is 0 Å². The number of alkyl halides is 1. The molecular weight excluding hydrogens is 246 g/mol. The van der Waals surface area contributed by atoms with Crippen molar-refractivity contribution in [1.82, 2.24) is 5.32 Å². The third kappa shape index (κ3) is 5.17. The summed E-state index contributed by atoms with van der Waals surface area (Å²) in [4.78, 5) is 12.1. The van der Waals surface area contributed by atoms with Crippen molar-refractivity contribution in [3.8, 4) is 0 Å². The summed E-state index contributed by atoms with van der Waals surface area (Å²) in [5, 5.41) is 3.38. The van der Waals surface area contributed by atoms with Crippen LogP contribution >= 0.6 is 11.6 Å². The van der Waals surface area contributed by atoms with Gasteiger partial charge in [-0.15, -0.1) is 11.6 Å². The van der Waals surface area contributed by atoms with E-state index in [4.69, 9.17) is 11.6 Å². The van der Waals surface area contributed by atoms with Gasteiger partial charge in [-0.3, -0.25) is 4.79 Å². The highest BCUT2D eigenvalue weighted by atomic mass is 35.5. The van der Waals surface area contributed by atoms with Crippen LogP contribution in [0.25, 0.3) is 0 Å². The van der Waals surface area contributed by atoms with Crippen molar-refractivity contribution in [3.63, 3.8) is 0 Å². The molecular formula is C15H28ClNO. The number of unbranched alkanes of at least 4 members (excludes halogenated alkanes) is 1. The maximum atomic E-state index is 12.1. The highest BCUT2D eigenvalue weighted by Gasteiger charge is 2.24. The molecule has 0 radical (unpaired) electrons. The zero-order chi connectivity index (χ0) is 13.4. The monoisotopic (exact) mass is 273 g/mol. The van der Waals surface area contributed by atoms with Gasteiger partial charge in [0.15, 0.2) is 0 Å². The van der Waals surface area contributed by atoms with Crippen LogP contribution in [0.3, 0.4) is 0 Å². The molecule has 3 atom stereocenters. The van der Waals surface area contributed by atoms with Crippen LogP contribution in [0.2, 0.25) is 0 Å². The van der Waals surface area contributed by atoms with Gasteiger partial charge < -0.3 is 5.32 Å². The standard InChI is InChI=1S/C15H28ClNO/c1-3-5-8-12(4-2)15(18)17-11-13-9-6-7-10-14(13)16/h12-14H,3-11H2,1-2H3,(H,17,18). The predicted molar refractivity (Wildman–Crippen MR) is 77.9 cm³/mol. The molecule has 1 rings (SSSR count). The van der Waals surface area contributed by atoms with Gasteiger partial charge in [-0.1, -0.05) is 39.5 Å². The highest BCUT2D eigenvalue weighted by molar-refractivity contribution is 6.20. The van der Waals surface area contributed by atoms with Gasteiger partial charge in [0, 0.05) is 17.8 Å². The molecule has 0 spiro atoms. The van der Waals surface area contributed by atoms with E-state index >= 15 is 0 Å². The lowest BCUT2D eigenvalue weighted by Gasteiger charge is -2.27. The molecule has 3 unspecified atom stereocenters. The second-order valence-corrected chi connectivity index (χ2v) is 6.11. The van der Waals surface area contributed by atoms with E-state index in [1.165, 1.54) is 19.3 Å². The molecule has 0 aromatic heterocycles. The Bertz CT molecular complexity index is 245. The summed E-state index contributed by atoms with van der Waals surface area (Å²) in [5.41, 5.74) is 0. The zero-order valence-corrected chi connectivity index (χ0v) is 12.6. The molecule has 3 heteroatoms. The first kappa shape index (κ1) is 15.8. The Morgan fingerprint density at radius 3 is 2.67 bits per heavy atom. The molecule has 1 N–H and O–H groups in total. The normalized spacial score (nSPS) is 25.7. The van der Waals surface area contributed by atoms with Crippen LogP contribution in [0.1, 0.15) is 65.2 Å². The minimum Gasteiger partial charge on any atom is -0.356 e. The topological polar surface area (TPSA) is 29.1 Å². The summed E-state index contributed by atoms with van der Waals surface area (Å²) in [6, 6.07) is 0. The molecule has 1 saturated carbocycles. The maximum Gasteiger partial charge on any atom is 0.223 e. The number of nitrogens with one attached hydrogen (secondary N) is 1. The predicted octanol–water partition coefficient (Wildman–Crippen LogP) is 4.12. The molecule has 1 aliphatic rings. The number of carbonyl (C=O) groups excluding carboxylic acids is 1. The minimum atomic E-state index is 0.197. The maximum absolute atomic E-state index is 12.1. The molecule has 0 saturated heterocycles. The lowest BCUT2D eigenvalue weighted by Crippen LogP contribution is -2.37. The van der Waals surface area contributed by atoms with Crippen LogP contribution in [-0.2, 0) is 4.79 Å².